The lowest BCUT2D eigenvalue weighted by Gasteiger charge is -2.32. The summed E-state index contributed by atoms with van der Waals surface area (Å²) >= 11 is 3.46. The maximum atomic E-state index is 12.8. The number of aromatic nitrogens is 3. The predicted octanol–water partition coefficient (Wildman–Crippen LogP) is 5.45. The van der Waals surface area contributed by atoms with Gasteiger partial charge in [0.15, 0.2) is 5.16 Å². The summed E-state index contributed by atoms with van der Waals surface area (Å²) in [7, 11) is 0. The predicted molar refractivity (Wildman–Crippen MR) is 124 cm³/mol. The van der Waals surface area contributed by atoms with Gasteiger partial charge in [0.2, 0.25) is 5.91 Å². The number of likely N-dealkylation sites (tertiary alicyclic amines) is 1. The zero-order valence-corrected chi connectivity index (χ0v) is 18.3. The summed E-state index contributed by atoms with van der Waals surface area (Å²) < 4.78 is 1.23. The van der Waals surface area contributed by atoms with Crippen LogP contribution in [0.4, 0.5) is 0 Å². The molecule has 0 bridgehead atoms. The Morgan fingerprint density at radius 2 is 1.97 bits per heavy atom. The summed E-state index contributed by atoms with van der Waals surface area (Å²) in [4.78, 5) is 27.6. The van der Waals surface area contributed by atoms with E-state index in [9.17, 15) is 4.79 Å². The Morgan fingerprint density at radius 1 is 1.13 bits per heavy atom. The van der Waals surface area contributed by atoms with Gasteiger partial charge in [-0.2, -0.15) is 0 Å². The number of thiazole rings is 1. The highest BCUT2D eigenvalue weighted by molar-refractivity contribution is 7.99. The smallest absolute Gasteiger partial charge is 0.222 e. The maximum absolute atomic E-state index is 12.8. The van der Waals surface area contributed by atoms with Crippen LogP contribution in [0.1, 0.15) is 36.6 Å². The standard InChI is InChI=1S/C23H24N4OS2/c28-21(12-6-14-29-23-25-17-8-1-2-9-18(17)26-23)27-13-5-7-16(15-27)22-24-19-10-3-4-11-20(19)30-22/h1-4,8-11,16H,5-7,12-15H2,(H,25,26)/t16-/m1/s1. The molecule has 0 aliphatic carbocycles. The molecule has 30 heavy (non-hydrogen) atoms. The molecule has 0 unspecified atom stereocenters. The third kappa shape index (κ3) is 4.23. The Kier molecular flexibility index (Phi) is 5.73. The largest absolute Gasteiger partial charge is 0.342 e. The van der Waals surface area contributed by atoms with Gasteiger partial charge >= 0.3 is 0 Å². The summed E-state index contributed by atoms with van der Waals surface area (Å²) in [5.41, 5.74) is 3.12. The first-order valence-electron chi connectivity index (χ1n) is 10.5. The molecule has 4 aromatic rings. The second-order valence-corrected chi connectivity index (χ2v) is 9.86. The minimum atomic E-state index is 0.269. The minimum absolute atomic E-state index is 0.269. The van der Waals surface area contributed by atoms with Crippen molar-refractivity contribution in [2.24, 2.45) is 0 Å². The Labute approximate surface area is 183 Å². The number of fused-ring (bicyclic) bond motifs is 2. The molecule has 2 aromatic carbocycles. The van der Waals surface area contributed by atoms with Crippen molar-refractivity contribution in [1.82, 2.24) is 19.9 Å². The third-order valence-corrected chi connectivity index (χ3v) is 7.73. The number of piperidine rings is 1. The summed E-state index contributed by atoms with van der Waals surface area (Å²) in [5.74, 6) is 1.52. The highest BCUT2D eigenvalue weighted by Crippen LogP contribution is 2.33. The molecule has 1 aliphatic heterocycles. The van der Waals surface area contributed by atoms with Crippen LogP contribution in [0.15, 0.2) is 53.7 Å². The van der Waals surface area contributed by atoms with Crippen molar-refractivity contribution in [1.29, 1.82) is 0 Å². The van der Waals surface area contributed by atoms with E-state index in [1.165, 1.54) is 9.71 Å². The van der Waals surface area contributed by atoms with Crippen LogP contribution in [0.25, 0.3) is 21.3 Å². The lowest BCUT2D eigenvalue weighted by Crippen LogP contribution is -2.39. The Balaban J connectivity index is 1.13. The number of aromatic amines is 1. The normalized spacial score (nSPS) is 17.1. The molecule has 154 valence electrons. The lowest BCUT2D eigenvalue weighted by molar-refractivity contribution is -0.132. The number of para-hydroxylation sites is 3. The summed E-state index contributed by atoms with van der Waals surface area (Å²) in [6.45, 7) is 1.67. The Bertz CT molecular complexity index is 1100. The van der Waals surface area contributed by atoms with Gasteiger partial charge in [-0.05, 0) is 43.5 Å². The number of thioether (sulfide) groups is 1. The van der Waals surface area contributed by atoms with Crippen molar-refractivity contribution in [2.45, 2.75) is 36.8 Å². The molecule has 3 heterocycles. The molecular weight excluding hydrogens is 412 g/mol. The molecule has 5 nitrogen and oxygen atoms in total. The first-order chi connectivity index (χ1) is 14.8. The number of imidazole rings is 1. The van der Waals surface area contributed by atoms with Gasteiger partial charge in [-0.1, -0.05) is 36.0 Å². The van der Waals surface area contributed by atoms with Gasteiger partial charge in [0.1, 0.15) is 0 Å². The molecule has 1 atom stereocenters. The van der Waals surface area contributed by atoms with Crippen LogP contribution >= 0.6 is 23.1 Å². The third-order valence-electron chi connectivity index (χ3n) is 5.58. The number of H-pyrrole nitrogens is 1. The van der Waals surface area contributed by atoms with Crippen LogP contribution in [-0.4, -0.2) is 44.6 Å². The van der Waals surface area contributed by atoms with Gasteiger partial charge in [-0.3, -0.25) is 4.79 Å². The Morgan fingerprint density at radius 3 is 2.83 bits per heavy atom. The second-order valence-electron chi connectivity index (χ2n) is 7.71. The van der Waals surface area contributed by atoms with Crippen molar-refractivity contribution in [3.05, 3.63) is 53.5 Å². The van der Waals surface area contributed by atoms with E-state index in [1.807, 2.05) is 35.2 Å². The summed E-state index contributed by atoms with van der Waals surface area (Å²) in [6, 6.07) is 16.3. The van der Waals surface area contributed by atoms with Crippen molar-refractivity contribution in [2.75, 3.05) is 18.8 Å². The van der Waals surface area contributed by atoms with E-state index >= 15 is 0 Å². The number of nitrogens with zero attached hydrogens (tertiary/aromatic N) is 3. The molecule has 2 aromatic heterocycles. The van der Waals surface area contributed by atoms with Gasteiger partial charge in [-0.15, -0.1) is 11.3 Å². The van der Waals surface area contributed by atoms with Crippen LogP contribution in [0.5, 0.6) is 0 Å². The first-order valence-corrected chi connectivity index (χ1v) is 12.3. The van der Waals surface area contributed by atoms with Crippen molar-refractivity contribution < 1.29 is 4.79 Å². The molecule has 1 N–H and O–H groups in total. The Hall–Kier alpha value is -2.38. The number of hydrogen-bond acceptors (Lipinski definition) is 5. The number of hydrogen-bond donors (Lipinski definition) is 1. The average molecular weight is 437 g/mol. The number of amides is 1. The monoisotopic (exact) mass is 436 g/mol. The van der Waals surface area contributed by atoms with Gasteiger partial charge in [-0.25, -0.2) is 9.97 Å². The van der Waals surface area contributed by atoms with Crippen LogP contribution < -0.4 is 0 Å². The number of carbonyl (C=O) groups excluding carboxylic acids is 1. The summed E-state index contributed by atoms with van der Waals surface area (Å²) in [6.07, 6.45) is 3.63. The molecule has 1 aliphatic rings. The highest BCUT2D eigenvalue weighted by Gasteiger charge is 2.26. The van der Waals surface area contributed by atoms with E-state index in [4.69, 9.17) is 4.98 Å². The molecule has 1 fully saturated rings. The molecule has 1 amide bonds. The average Bonchev–Trinajstić information content (AvgIpc) is 3.40. The van der Waals surface area contributed by atoms with Gasteiger partial charge in [0.25, 0.3) is 0 Å². The highest BCUT2D eigenvalue weighted by atomic mass is 32.2. The number of rotatable bonds is 6. The van der Waals surface area contributed by atoms with Gasteiger partial charge < -0.3 is 9.88 Å². The van der Waals surface area contributed by atoms with Crippen LogP contribution in [0.2, 0.25) is 0 Å². The van der Waals surface area contributed by atoms with Crippen LogP contribution in [0.3, 0.4) is 0 Å². The number of carbonyl (C=O) groups is 1. The molecule has 5 rings (SSSR count). The van der Waals surface area contributed by atoms with Gasteiger partial charge in [0, 0.05) is 31.2 Å². The van der Waals surface area contributed by atoms with Crippen LogP contribution in [-0.2, 0) is 4.79 Å². The first kappa shape index (κ1) is 19.6. The fourth-order valence-electron chi connectivity index (χ4n) is 4.02. The van der Waals surface area contributed by atoms with E-state index in [2.05, 4.69) is 28.2 Å². The summed E-state index contributed by atoms with van der Waals surface area (Å²) in [5, 5.41) is 2.10. The number of benzene rings is 2. The second kappa shape index (κ2) is 8.78. The zero-order chi connectivity index (χ0) is 20.3. The quantitative estimate of drug-likeness (QED) is 0.322. The van der Waals surface area contributed by atoms with Crippen molar-refractivity contribution in [3.63, 3.8) is 0 Å². The van der Waals surface area contributed by atoms with E-state index in [0.29, 0.717) is 12.3 Å². The van der Waals surface area contributed by atoms with E-state index in [1.54, 1.807) is 23.1 Å². The topological polar surface area (TPSA) is 61.9 Å². The van der Waals surface area contributed by atoms with E-state index in [0.717, 1.165) is 59.8 Å². The number of nitrogens with one attached hydrogen (secondary N) is 1. The SMILES string of the molecule is O=C(CCCSc1nc2ccccc2[nH]1)N1CCC[C@@H](c2nc3ccccc3s2)C1. The molecule has 0 saturated carbocycles. The van der Waals surface area contributed by atoms with Crippen molar-refractivity contribution >= 4 is 50.3 Å². The molecule has 0 spiro atoms. The van der Waals surface area contributed by atoms with Crippen molar-refractivity contribution in [3.8, 4) is 0 Å². The molecule has 0 radical (unpaired) electrons. The van der Waals surface area contributed by atoms with Crippen LogP contribution in [0, 0.1) is 0 Å². The fourth-order valence-corrected chi connectivity index (χ4v) is 5.94. The maximum Gasteiger partial charge on any atom is 0.222 e. The zero-order valence-electron chi connectivity index (χ0n) is 16.7. The molecule has 7 heteroatoms. The van der Waals surface area contributed by atoms with E-state index in [-0.39, 0.29) is 5.91 Å². The fraction of sp³-hybridized carbons (Fsp3) is 0.348. The molecular formula is C23H24N4OS2. The van der Waals surface area contributed by atoms with E-state index < -0.39 is 0 Å². The van der Waals surface area contributed by atoms with Gasteiger partial charge in [0.05, 0.1) is 26.3 Å². The molecule has 1 saturated heterocycles. The lowest BCUT2D eigenvalue weighted by atomic mass is 9.98. The minimum Gasteiger partial charge on any atom is -0.342 e.